The smallest absolute Gasteiger partial charge is 0.329 e. The number of hydrogen-bond acceptors (Lipinski definition) is 16. The van der Waals surface area contributed by atoms with Crippen LogP contribution in [0.4, 0.5) is 0 Å². The first-order chi connectivity index (χ1) is 35.8. The van der Waals surface area contributed by atoms with Crippen molar-refractivity contribution in [3.63, 3.8) is 0 Å². The second kappa shape index (κ2) is 27.8. The number of amides is 1. The highest BCUT2D eigenvalue weighted by molar-refractivity contribution is 6.39. The van der Waals surface area contributed by atoms with E-state index in [2.05, 4.69) is 0 Å². The molecule has 17 heteroatoms. The van der Waals surface area contributed by atoms with Gasteiger partial charge in [0.25, 0.3) is 11.7 Å². The van der Waals surface area contributed by atoms with Gasteiger partial charge in [0.1, 0.15) is 29.4 Å². The maximum absolute atomic E-state index is 14.6. The summed E-state index contributed by atoms with van der Waals surface area (Å²) in [5.74, 6) is -10.9. The normalized spacial score (nSPS) is 37.3. The molecule has 15 unspecified atom stereocenters. The molecule has 76 heavy (non-hydrogen) atoms. The molecular weight excluding hydrogens is 979 g/mol. The molecule has 3 N–H and O–H groups in total. The number of fused-ring (bicyclic) bond motifs is 3. The highest BCUT2D eigenvalue weighted by Gasteiger charge is 2.53. The number of esters is 2. The van der Waals surface area contributed by atoms with Crippen LogP contribution in [0.2, 0.25) is 0 Å². The quantitative estimate of drug-likeness (QED) is 0.162. The second-order valence-corrected chi connectivity index (χ2v) is 23.6. The summed E-state index contributed by atoms with van der Waals surface area (Å²) in [7, 11) is 3.13. The number of methoxy groups -OCH3 is 2. The lowest BCUT2D eigenvalue weighted by atomic mass is 9.78. The zero-order valence-electron chi connectivity index (χ0n) is 47.5. The van der Waals surface area contributed by atoms with Crippen LogP contribution in [-0.4, -0.2) is 150 Å². The number of hydrogen-bond donors (Lipinski definition) is 3. The average molecular weight is 1070 g/mol. The van der Waals surface area contributed by atoms with Crippen molar-refractivity contribution in [2.45, 2.75) is 201 Å². The first-order valence-corrected chi connectivity index (χ1v) is 27.8. The fourth-order valence-corrected chi connectivity index (χ4v) is 11.5. The lowest BCUT2D eigenvalue weighted by Gasteiger charge is -2.43. The third-order valence-corrected chi connectivity index (χ3v) is 16.8. The lowest BCUT2D eigenvalue weighted by molar-refractivity contribution is -0.283. The summed E-state index contributed by atoms with van der Waals surface area (Å²) in [6.45, 7) is 17.6. The molecule has 17 nitrogen and oxygen atoms in total. The van der Waals surface area contributed by atoms with E-state index in [0.29, 0.717) is 64.2 Å². The monoisotopic (exact) mass is 1070 g/mol. The molecule has 4 heterocycles. The molecule has 15 atom stereocenters. The van der Waals surface area contributed by atoms with Crippen LogP contribution in [0, 0.1) is 46.8 Å². The third kappa shape index (κ3) is 16.1. The molecule has 0 radical (unpaired) electrons. The molecule has 1 saturated carbocycles. The van der Waals surface area contributed by atoms with Crippen LogP contribution in [0.15, 0.2) is 47.6 Å². The second-order valence-electron chi connectivity index (χ2n) is 23.6. The van der Waals surface area contributed by atoms with Crippen molar-refractivity contribution < 1.29 is 77.2 Å². The van der Waals surface area contributed by atoms with Crippen molar-refractivity contribution in [3.05, 3.63) is 47.6 Å². The largest absolute Gasteiger partial charge is 0.460 e. The fourth-order valence-electron chi connectivity index (χ4n) is 11.5. The van der Waals surface area contributed by atoms with E-state index in [9.17, 15) is 44.1 Å². The SMILES string of the molecule is COC1CC2CCC(C)C(O)(O2)C(=O)C(=O)N2CCCCC2C(=O)OC(C(C)CC2CCC(OC(=O)C3(C)COC(C)(C)OC3)C(OC)C2)CC(=O)/C(C)=C/C(C)C(O)C(CO)C(=O)C(C)CC(C)C=CC=CC=C1C. The Kier molecular flexibility index (Phi) is 23.0. The zero-order chi connectivity index (χ0) is 56.3. The van der Waals surface area contributed by atoms with Crippen LogP contribution in [-0.2, 0) is 61.9 Å². The number of carbonyl (C=O) groups excluding carboxylic acids is 6. The number of rotatable bonds is 8. The maximum Gasteiger partial charge on any atom is 0.329 e. The van der Waals surface area contributed by atoms with Crippen LogP contribution in [0.25, 0.3) is 0 Å². The molecular formula is C59H91NO16. The Morgan fingerprint density at radius 3 is 2.22 bits per heavy atom. The van der Waals surface area contributed by atoms with Gasteiger partial charge in [-0.05, 0) is 128 Å². The molecule has 428 valence electrons. The van der Waals surface area contributed by atoms with Crippen molar-refractivity contribution in [1.29, 1.82) is 0 Å². The number of piperidine rings is 1. The number of ketones is 3. The van der Waals surface area contributed by atoms with E-state index in [4.69, 9.17) is 33.2 Å². The predicted molar refractivity (Wildman–Crippen MR) is 283 cm³/mol. The van der Waals surface area contributed by atoms with Crippen LogP contribution >= 0.6 is 0 Å². The number of aliphatic hydroxyl groups excluding tert-OH is 2. The molecule has 1 aliphatic carbocycles. The Labute approximate surface area is 451 Å². The standard InChI is InChI=1S/C59H91NO16/c1-35-18-14-13-15-19-36(2)48(70-11)30-43-23-21-41(7)59(69,76-43)53(65)54(66)60-25-17-16-20-45(60)55(67)74-49(31-46(62)37(3)27-40(6)52(64)44(32-61)51(63)39(5)26-35)38(4)28-42-22-24-47(50(29-42)71-12)75-56(68)58(10)33-72-57(8,9)73-34-58/h13-15,18-19,27,35,38-45,47-50,52,61,64,69H,16-17,20-26,28-34H2,1-12H3/b15-13?,18-14?,36-19?,37-27+. The van der Waals surface area contributed by atoms with E-state index in [1.54, 1.807) is 68.8 Å². The molecule has 0 aromatic carbocycles. The molecule has 1 amide bonds. The van der Waals surface area contributed by atoms with E-state index in [1.165, 1.54) is 4.90 Å². The van der Waals surface area contributed by atoms with E-state index >= 15 is 0 Å². The topological polar surface area (TPSA) is 231 Å². The molecule has 2 bridgehead atoms. The summed E-state index contributed by atoms with van der Waals surface area (Å²) in [5, 5.41) is 34.0. The number of Topliss-reactive ketones (excluding diaryl/α,β-unsaturated/α-hetero) is 3. The summed E-state index contributed by atoms with van der Waals surface area (Å²) in [6.07, 6.45) is 11.4. The molecule has 4 fully saturated rings. The predicted octanol–water partition coefficient (Wildman–Crippen LogP) is 7.11. The lowest BCUT2D eigenvalue weighted by Crippen LogP contribution is -2.61. The van der Waals surface area contributed by atoms with Gasteiger partial charge in [0.2, 0.25) is 5.79 Å². The Morgan fingerprint density at radius 2 is 1.57 bits per heavy atom. The van der Waals surface area contributed by atoms with E-state index in [1.807, 2.05) is 51.2 Å². The fraction of sp³-hybridized carbons (Fsp3) is 0.763. The Hall–Kier alpha value is -3.94. The third-order valence-electron chi connectivity index (χ3n) is 16.8. The molecule has 4 aliphatic heterocycles. The van der Waals surface area contributed by atoms with Crippen LogP contribution < -0.4 is 0 Å². The molecule has 0 spiro atoms. The molecule has 0 aromatic rings. The van der Waals surface area contributed by atoms with Gasteiger partial charge < -0.3 is 53.4 Å². The van der Waals surface area contributed by atoms with Crippen molar-refractivity contribution in [1.82, 2.24) is 4.90 Å². The minimum Gasteiger partial charge on any atom is -0.460 e. The highest BCUT2D eigenvalue weighted by Crippen LogP contribution is 2.39. The van der Waals surface area contributed by atoms with Gasteiger partial charge in [-0.1, -0.05) is 71.1 Å². The number of nitrogens with zero attached hydrogens (tertiary/aromatic N) is 1. The first-order valence-electron chi connectivity index (χ1n) is 27.8. The van der Waals surface area contributed by atoms with Gasteiger partial charge in [0.15, 0.2) is 11.6 Å². The van der Waals surface area contributed by atoms with E-state index in [0.717, 1.165) is 5.57 Å². The number of allylic oxidation sites excluding steroid dienone is 6. The summed E-state index contributed by atoms with van der Waals surface area (Å²) in [5.41, 5.74) is 0.122. The van der Waals surface area contributed by atoms with Crippen LogP contribution in [0.5, 0.6) is 0 Å². The number of ether oxygens (including phenoxy) is 7. The van der Waals surface area contributed by atoms with Crippen molar-refractivity contribution >= 4 is 35.2 Å². The minimum absolute atomic E-state index is 0.000539. The van der Waals surface area contributed by atoms with Crippen molar-refractivity contribution in [2.75, 3.05) is 40.6 Å². The highest BCUT2D eigenvalue weighted by atomic mass is 16.7. The summed E-state index contributed by atoms with van der Waals surface area (Å²) in [4.78, 5) is 86.2. The number of carbonyl (C=O) groups is 6. The summed E-state index contributed by atoms with van der Waals surface area (Å²) in [6, 6.07) is -1.20. The molecule has 5 rings (SSSR count). The van der Waals surface area contributed by atoms with Gasteiger partial charge in [-0.15, -0.1) is 0 Å². The Balaban J connectivity index is 1.43. The van der Waals surface area contributed by atoms with Crippen LogP contribution in [0.3, 0.4) is 0 Å². The Bertz CT molecular complexity index is 2140. The van der Waals surface area contributed by atoms with E-state index in [-0.39, 0.29) is 61.6 Å². The van der Waals surface area contributed by atoms with Gasteiger partial charge in [-0.3, -0.25) is 24.0 Å². The molecule has 5 aliphatic rings. The summed E-state index contributed by atoms with van der Waals surface area (Å²) >= 11 is 0. The maximum atomic E-state index is 14.6. The van der Waals surface area contributed by atoms with Gasteiger partial charge in [0, 0.05) is 51.4 Å². The van der Waals surface area contributed by atoms with Crippen molar-refractivity contribution in [2.24, 2.45) is 46.8 Å². The average Bonchev–Trinajstić information content (AvgIpc) is 3.39. The first kappa shape index (κ1) is 62.9. The number of cyclic esters (lactones) is 1. The van der Waals surface area contributed by atoms with Gasteiger partial charge in [0.05, 0.1) is 50.2 Å². The van der Waals surface area contributed by atoms with Gasteiger partial charge >= 0.3 is 11.9 Å². The molecule has 3 saturated heterocycles. The van der Waals surface area contributed by atoms with Gasteiger partial charge in [-0.25, -0.2) is 4.79 Å². The minimum atomic E-state index is -2.47. The van der Waals surface area contributed by atoms with E-state index < -0.39 is 119 Å². The summed E-state index contributed by atoms with van der Waals surface area (Å²) < 4.78 is 41.9. The van der Waals surface area contributed by atoms with Crippen molar-refractivity contribution in [3.8, 4) is 0 Å². The Morgan fingerprint density at radius 1 is 0.868 bits per heavy atom. The number of aliphatic hydroxyl groups is 3. The van der Waals surface area contributed by atoms with Crippen LogP contribution in [0.1, 0.15) is 146 Å². The zero-order valence-corrected chi connectivity index (χ0v) is 47.5. The van der Waals surface area contributed by atoms with Gasteiger partial charge in [-0.2, -0.15) is 0 Å². The molecule has 0 aromatic heterocycles.